The molecule has 6 heteroatoms. The fourth-order valence-corrected chi connectivity index (χ4v) is 1.93. The van der Waals surface area contributed by atoms with Gasteiger partial charge in [-0.05, 0) is 29.9 Å². The Hall–Kier alpha value is -2.60. The predicted molar refractivity (Wildman–Crippen MR) is 80.1 cm³/mol. The van der Waals surface area contributed by atoms with Crippen molar-refractivity contribution in [3.8, 4) is 11.4 Å². The van der Waals surface area contributed by atoms with E-state index in [1.165, 1.54) is 0 Å². The summed E-state index contributed by atoms with van der Waals surface area (Å²) in [4.78, 5) is 3.97. The van der Waals surface area contributed by atoms with Crippen LogP contribution in [0.25, 0.3) is 11.4 Å². The molecule has 3 rings (SSSR count). The second kappa shape index (κ2) is 5.58. The maximum Gasteiger partial charge on any atom is 0.216 e. The molecule has 0 aliphatic rings. The molecule has 0 aliphatic heterocycles. The molecular weight excluding hydrogens is 270 g/mol. The van der Waals surface area contributed by atoms with Crippen LogP contribution in [0.3, 0.4) is 0 Å². The molecule has 0 fully saturated rings. The molecule has 0 bridgehead atoms. The van der Waals surface area contributed by atoms with Crippen LogP contribution >= 0.6 is 12.2 Å². The van der Waals surface area contributed by atoms with Crippen molar-refractivity contribution in [2.24, 2.45) is 5.10 Å². The Labute approximate surface area is 120 Å². The first-order valence-electron chi connectivity index (χ1n) is 6.02. The summed E-state index contributed by atoms with van der Waals surface area (Å²) in [6.07, 6.45) is 5.15. The minimum Gasteiger partial charge on any atom is -0.265 e. The van der Waals surface area contributed by atoms with Gasteiger partial charge in [-0.2, -0.15) is 14.9 Å². The number of aromatic amines is 1. The van der Waals surface area contributed by atoms with E-state index < -0.39 is 0 Å². The highest BCUT2D eigenvalue weighted by atomic mass is 32.1. The van der Waals surface area contributed by atoms with Gasteiger partial charge >= 0.3 is 0 Å². The van der Waals surface area contributed by atoms with Crippen LogP contribution < -0.4 is 0 Å². The zero-order valence-corrected chi connectivity index (χ0v) is 11.3. The lowest BCUT2D eigenvalue weighted by atomic mass is 10.2. The van der Waals surface area contributed by atoms with E-state index in [9.17, 15) is 0 Å². The largest absolute Gasteiger partial charge is 0.265 e. The van der Waals surface area contributed by atoms with Gasteiger partial charge in [-0.25, -0.2) is 5.10 Å². The molecule has 2 aromatic heterocycles. The van der Waals surface area contributed by atoms with E-state index in [1.807, 2.05) is 42.5 Å². The first-order chi connectivity index (χ1) is 9.84. The van der Waals surface area contributed by atoms with Crippen LogP contribution in [-0.2, 0) is 0 Å². The van der Waals surface area contributed by atoms with Crippen LogP contribution in [0.15, 0.2) is 60.0 Å². The minimum atomic E-state index is 0.453. The third-order valence-corrected chi connectivity index (χ3v) is 2.98. The van der Waals surface area contributed by atoms with Crippen molar-refractivity contribution < 1.29 is 0 Å². The van der Waals surface area contributed by atoms with Crippen molar-refractivity contribution in [3.05, 3.63) is 65.2 Å². The zero-order valence-electron chi connectivity index (χ0n) is 10.5. The number of aromatic nitrogens is 4. The molecule has 0 spiro atoms. The van der Waals surface area contributed by atoms with Crippen LogP contribution in [0.2, 0.25) is 0 Å². The molecule has 5 nitrogen and oxygen atoms in total. The quantitative estimate of drug-likeness (QED) is 0.593. The van der Waals surface area contributed by atoms with Crippen LogP contribution in [0.1, 0.15) is 5.56 Å². The van der Waals surface area contributed by atoms with E-state index in [4.69, 9.17) is 12.2 Å². The van der Waals surface area contributed by atoms with E-state index in [0.717, 1.165) is 11.1 Å². The highest BCUT2D eigenvalue weighted by Crippen LogP contribution is 2.16. The van der Waals surface area contributed by atoms with Gasteiger partial charge in [0.25, 0.3) is 0 Å². The van der Waals surface area contributed by atoms with Gasteiger partial charge in [-0.3, -0.25) is 4.98 Å². The highest BCUT2D eigenvalue weighted by molar-refractivity contribution is 7.71. The smallest absolute Gasteiger partial charge is 0.216 e. The van der Waals surface area contributed by atoms with Crippen LogP contribution in [0, 0.1) is 4.77 Å². The Morgan fingerprint density at radius 2 is 1.85 bits per heavy atom. The molecule has 0 radical (unpaired) electrons. The number of nitrogens with one attached hydrogen (secondary N) is 1. The summed E-state index contributed by atoms with van der Waals surface area (Å²) in [5, 5.41) is 11.4. The summed E-state index contributed by atoms with van der Waals surface area (Å²) in [5.41, 5.74) is 1.90. The van der Waals surface area contributed by atoms with Crippen LogP contribution in [-0.4, -0.2) is 26.1 Å². The molecule has 1 aromatic carbocycles. The van der Waals surface area contributed by atoms with Crippen molar-refractivity contribution >= 4 is 18.4 Å². The maximum atomic E-state index is 5.21. The third-order valence-electron chi connectivity index (χ3n) is 2.71. The first kappa shape index (κ1) is 12.4. The van der Waals surface area contributed by atoms with Gasteiger partial charge in [0.05, 0.1) is 6.21 Å². The van der Waals surface area contributed by atoms with Gasteiger partial charge in [-0.15, -0.1) is 0 Å². The molecule has 20 heavy (non-hydrogen) atoms. The van der Waals surface area contributed by atoms with Gasteiger partial charge in [0.15, 0.2) is 5.82 Å². The summed E-state index contributed by atoms with van der Waals surface area (Å²) in [6.45, 7) is 0. The van der Waals surface area contributed by atoms with E-state index in [-0.39, 0.29) is 0 Å². The Kier molecular flexibility index (Phi) is 3.47. The van der Waals surface area contributed by atoms with Crippen molar-refractivity contribution in [1.29, 1.82) is 0 Å². The molecule has 0 saturated heterocycles. The summed E-state index contributed by atoms with van der Waals surface area (Å²) in [6, 6.07) is 13.5. The normalized spacial score (nSPS) is 11.0. The maximum absolute atomic E-state index is 5.21. The fourth-order valence-electron chi connectivity index (χ4n) is 1.75. The number of pyridine rings is 1. The number of nitrogens with zero attached hydrogens (tertiary/aromatic N) is 4. The summed E-state index contributed by atoms with van der Waals surface area (Å²) in [5.74, 6) is 0.681. The van der Waals surface area contributed by atoms with E-state index >= 15 is 0 Å². The Balaban J connectivity index is 2.01. The fraction of sp³-hybridized carbons (Fsp3) is 0. The van der Waals surface area contributed by atoms with Crippen molar-refractivity contribution in [1.82, 2.24) is 19.9 Å². The molecule has 0 unspecified atom stereocenters. The van der Waals surface area contributed by atoms with Gasteiger partial charge in [0, 0.05) is 18.0 Å². The van der Waals surface area contributed by atoms with E-state index in [2.05, 4.69) is 20.3 Å². The Morgan fingerprint density at radius 1 is 1.10 bits per heavy atom. The first-order valence-corrected chi connectivity index (χ1v) is 6.42. The number of hydrogen-bond acceptors (Lipinski definition) is 4. The third kappa shape index (κ3) is 2.55. The number of hydrogen-bond donors (Lipinski definition) is 1. The van der Waals surface area contributed by atoms with Gasteiger partial charge in [0.2, 0.25) is 4.77 Å². The molecule has 0 atom stereocenters. The molecular formula is C14H11N5S. The van der Waals surface area contributed by atoms with Gasteiger partial charge in [0.1, 0.15) is 0 Å². The zero-order chi connectivity index (χ0) is 13.8. The van der Waals surface area contributed by atoms with Crippen LogP contribution in [0.5, 0.6) is 0 Å². The summed E-state index contributed by atoms with van der Waals surface area (Å²) in [7, 11) is 0. The average molecular weight is 281 g/mol. The van der Waals surface area contributed by atoms with E-state index in [0.29, 0.717) is 10.6 Å². The molecule has 3 aromatic rings. The molecule has 0 saturated carbocycles. The standard InChI is InChI=1S/C14H11N5S/c20-14-18-17-13(12-4-2-1-3-5-12)19(14)16-10-11-6-8-15-9-7-11/h1-10H,(H,18,20)/b16-10+. The van der Waals surface area contributed by atoms with Crippen molar-refractivity contribution in [2.45, 2.75) is 0 Å². The monoisotopic (exact) mass is 281 g/mol. The second-order valence-electron chi connectivity index (χ2n) is 4.06. The summed E-state index contributed by atoms with van der Waals surface area (Å²) >= 11 is 5.21. The lowest BCUT2D eigenvalue weighted by molar-refractivity contribution is 0.871. The molecule has 2 heterocycles. The average Bonchev–Trinajstić information content (AvgIpc) is 2.88. The Morgan fingerprint density at radius 3 is 2.60 bits per heavy atom. The minimum absolute atomic E-state index is 0.453. The molecule has 0 aliphatic carbocycles. The van der Waals surface area contributed by atoms with Gasteiger partial charge in [-0.1, -0.05) is 30.3 Å². The molecule has 1 N–H and O–H groups in total. The number of benzene rings is 1. The molecule has 98 valence electrons. The van der Waals surface area contributed by atoms with E-state index in [1.54, 1.807) is 23.3 Å². The number of rotatable bonds is 3. The lowest BCUT2D eigenvalue weighted by Gasteiger charge is -2.00. The lowest BCUT2D eigenvalue weighted by Crippen LogP contribution is -1.94. The Bertz CT molecular complexity index is 774. The van der Waals surface area contributed by atoms with Gasteiger partial charge < -0.3 is 0 Å². The second-order valence-corrected chi connectivity index (χ2v) is 4.44. The highest BCUT2D eigenvalue weighted by Gasteiger charge is 2.06. The summed E-state index contributed by atoms with van der Waals surface area (Å²) < 4.78 is 2.06. The predicted octanol–water partition coefficient (Wildman–Crippen LogP) is 2.88. The van der Waals surface area contributed by atoms with Crippen molar-refractivity contribution in [3.63, 3.8) is 0 Å². The van der Waals surface area contributed by atoms with Crippen molar-refractivity contribution in [2.75, 3.05) is 0 Å². The van der Waals surface area contributed by atoms with Crippen LogP contribution in [0.4, 0.5) is 0 Å². The number of H-pyrrole nitrogens is 1. The topological polar surface area (TPSA) is 58.9 Å². The molecule has 0 amide bonds. The SMILES string of the molecule is S=c1[nH]nc(-c2ccccc2)n1/N=C/c1ccncc1.